The smallest absolute Gasteiger partial charge is 0.276 e. The van der Waals surface area contributed by atoms with Gasteiger partial charge < -0.3 is 10.1 Å². The van der Waals surface area contributed by atoms with Gasteiger partial charge in [-0.15, -0.1) is 0 Å². The van der Waals surface area contributed by atoms with E-state index in [-0.39, 0.29) is 11.3 Å². The molecule has 0 spiro atoms. The fraction of sp³-hybridized carbons (Fsp3) is 0. The van der Waals surface area contributed by atoms with E-state index in [9.17, 15) is 9.59 Å². The summed E-state index contributed by atoms with van der Waals surface area (Å²) >= 11 is 0. The minimum Gasteiger partial charge on any atom is -0.455 e. The number of anilines is 1. The fourth-order valence-electron chi connectivity index (χ4n) is 1.93. The number of amides is 1. The lowest BCUT2D eigenvalue weighted by Gasteiger charge is -2.11. The number of aromatic amines is 1. The van der Waals surface area contributed by atoms with Crippen molar-refractivity contribution in [3.05, 3.63) is 82.8 Å². The number of nitrogens with zero attached hydrogens (tertiary/aromatic N) is 1. The average molecular weight is 307 g/mol. The summed E-state index contributed by atoms with van der Waals surface area (Å²) in [6, 6.07) is 18.9. The molecule has 3 aromatic rings. The van der Waals surface area contributed by atoms with Gasteiger partial charge in [-0.2, -0.15) is 5.10 Å². The van der Waals surface area contributed by atoms with Crippen LogP contribution in [0, 0.1) is 0 Å². The number of ether oxygens (including phenoxy) is 1. The van der Waals surface area contributed by atoms with E-state index in [1.54, 1.807) is 18.2 Å². The summed E-state index contributed by atoms with van der Waals surface area (Å²) < 4.78 is 5.77. The Morgan fingerprint density at radius 2 is 1.70 bits per heavy atom. The fourth-order valence-corrected chi connectivity index (χ4v) is 1.93. The normalized spacial score (nSPS) is 10.1. The van der Waals surface area contributed by atoms with Crippen LogP contribution >= 0.6 is 0 Å². The van der Waals surface area contributed by atoms with Crippen LogP contribution in [0.2, 0.25) is 0 Å². The standard InChI is InChI=1S/C17H13N3O3/c21-16-11-10-14(19-20-16)17(22)18-13-8-4-5-9-15(13)23-12-6-2-1-3-7-12/h1-11H,(H,18,22)(H,20,21). The van der Waals surface area contributed by atoms with Crippen LogP contribution in [0.5, 0.6) is 11.5 Å². The molecule has 1 aromatic heterocycles. The van der Waals surface area contributed by atoms with E-state index >= 15 is 0 Å². The lowest BCUT2D eigenvalue weighted by atomic mass is 10.2. The molecule has 6 nitrogen and oxygen atoms in total. The van der Waals surface area contributed by atoms with E-state index < -0.39 is 5.91 Å². The summed E-state index contributed by atoms with van der Waals surface area (Å²) in [5.41, 5.74) is 0.253. The average Bonchev–Trinajstić information content (AvgIpc) is 2.58. The molecular formula is C17H13N3O3. The summed E-state index contributed by atoms with van der Waals surface area (Å²) in [7, 11) is 0. The van der Waals surface area contributed by atoms with Crippen LogP contribution in [0.4, 0.5) is 5.69 Å². The van der Waals surface area contributed by atoms with Gasteiger partial charge in [-0.05, 0) is 30.3 Å². The first-order valence-corrected chi connectivity index (χ1v) is 6.91. The van der Waals surface area contributed by atoms with E-state index in [2.05, 4.69) is 15.5 Å². The van der Waals surface area contributed by atoms with Crippen LogP contribution < -0.4 is 15.6 Å². The zero-order valence-electron chi connectivity index (χ0n) is 12.0. The van der Waals surface area contributed by atoms with Crippen molar-refractivity contribution in [1.82, 2.24) is 10.2 Å². The molecule has 114 valence electrons. The second kappa shape index (κ2) is 6.57. The van der Waals surface area contributed by atoms with E-state index in [4.69, 9.17) is 4.74 Å². The highest BCUT2D eigenvalue weighted by molar-refractivity contribution is 6.03. The molecule has 2 N–H and O–H groups in total. The zero-order valence-corrected chi connectivity index (χ0v) is 12.0. The van der Waals surface area contributed by atoms with Crippen molar-refractivity contribution >= 4 is 11.6 Å². The molecule has 23 heavy (non-hydrogen) atoms. The quantitative estimate of drug-likeness (QED) is 0.776. The summed E-state index contributed by atoms with van der Waals surface area (Å²) in [6.07, 6.45) is 0. The maximum Gasteiger partial charge on any atom is 0.276 e. The Morgan fingerprint density at radius 1 is 0.957 bits per heavy atom. The second-order valence-electron chi connectivity index (χ2n) is 4.67. The number of hydrogen-bond donors (Lipinski definition) is 2. The Labute approximate surface area is 131 Å². The highest BCUT2D eigenvalue weighted by atomic mass is 16.5. The minimum atomic E-state index is -0.439. The van der Waals surface area contributed by atoms with Gasteiger partial charge in [0.25, 0.3) is 11.5 Å². The van der Waals surface area contributed by atoms with Gasteiger partial charge in [0.05, 0.1) is 5.69 Å². The summed E-state index contributed by atoms with van der Waals surface area (Å²) in [5.74, 6) is 0.734. The first kappa shape index (κ1) is 14.5. The first-order valence-electron chi connectivity index (χ1n) is 6.91. The van der Waals surface area contributed by atoms with E-state index in [0.29, 0.717) is 17.2 Å². The second-order valence-corrected chi connectivity index (χ2v) is 4.67. The summed E-state index contributed by atoms with van der Waals surface area (Å²) in [6.45, 7) is 0. The van der Waals surface area contributed by atoms with Crippen molar-refractivity contribution in [3.63, 3.8) is 0 Å². The molecule has 0 saturated heterocycles. The molecule has 0 unspecified atom stereocenters. The van der Waals surface area contributed by atoms with Gasteiger partial charge in [0, 0.05) is 6.07 Å². The molecule has 1 amide bonds. The van der Waals surface area contributed by atoms with Crippen molar-refractivity contribution in [2.24, 2.45) is 0 Å². The molecule has 1 heterocycles. The van der Waals surface area contributed by atoms with Crippen LogP contribution in [0.1, 0.15) is 10.5 Å². The van der Waals surface area contributed by atoms with Crippen LogP contribution in [0.15, 0.2) is 71.5 Å². The predicted molar refractivity (Wildman–Crippen MR) is 85.8 cm³/mol. The molecule has 0 radical (unpaired) electrons. The number of para-hydroxylation sites is 3. The van der Waals surface area contributed by atoms with Gasteiger partial charge >= 0.3 is 0 Å². The molecule has 3 rings (SSSR count). The summed E-state index contributed by atoms with van der Waals surface area (Å²) in [4.78, 5) is 23.2. The van der Waals surface area contributed by atoms with Crippen molar-refractivity contribution in [1.29, 1.82) is 0 Å². The lowest BCUT2D eigenvalue weighted by molar-refractivity contribution is 0.102. The summed E-state index contributed by atoms with van der Waals surface area (Å²) in [5, 5.41) is 8.64. The van der Waals surface area contributed by atoms with Gasteiger partial charge in [-0.1, -0.05) is 30.3 Å². The Kier molecular flexibility index (Phi) is 4.15. The highest BCUT2D eigenvalue weighted by Crippen LogP contribution is 2.29. The number of benzene rings is 2. The Bertz CT molecular complexity index is 855. The lowest BCUT2D eigenvalue weighted by Crippen LogP contribution is -2.17. The van der Waals surface area contributed by atoms with Gasteiger partial charge in [-0.25, -0.2) is 5.10 Å². The highest BCUT2D eigenvalue weighted by Gasteiger charge is 2.11. The zero-order chi connectivity index (χ0) is 16.1. The Morgan fingerprint density at radius 3 is 2.43 bits per heavy atom. The number of aromatic nitrogens is 2. The third-order valence-corrected chi connectivity index (χ3v) is 3.02. The molecule has 0 aliphatic carbocycles. The number of rotatable bonds is 4. The monoisotopic (exact) mass is 307 g/mol. The van der Waals surface area contributed by atoms with Crippen molar-refractivity contribution in [3.8, 4) is 11.5 Å². The molecule has 0 saturated carbocycles. The van der Waals surface area contributed by atoms with Gasteiger partial charge in [0.2, 0.25) is 0 Å². The molecule has 0 bridgehead atoms. The van der Waals surface area contributed by atoms with Gasteiger partial charge in [0.15, 0.2) is 5.75 Å². The van der Waals surface area contributed by atoms with Crippen LogP contribution in [-0.2, 0) is 0 Å². The number of carbonyl (C=O) groups excluding carboxylic acids is 1. The molecule has 0 atom stereocenters. The number of carbonyl (C=O) groups is 1. The van der Waals surface area contributed by atoms with E-state index in [1.807, 2.05) is 36.4 Å². The number of nitrogens with one attached hydrogen (secondary N) is 2. The Hall–Kier alpha value is -3.41. The predicted octanol–water partition coefficient (Wildman–Crippen LogP) is 2.81. The maximum atomic E-state index is 12.2. The van der Waals surface area contributed by atoms with Crippen LogP contribution in [-0.4, -0.2) is 16.1 Å². The largest absolute Gasteiger partial charge is 0.455 e. The third kappa shape index (κ3) is 3.62. The SMILES string of the molecule is O=C(Nc1ccccc1Oc1ccccc1)c1ccc(=O)[nH]n1. The van der Waals surface area contributed by atoms with E-state index in [1.165, 1.54) is 12.1 Å². The first-order chi connectivity index (χ1) is 11.2. The topological polar surface area (TPSA) is 84.1 Å². The molecule has 0 aliphatic heterocycles. The molecular weight excluding hydrogens is 294 g/mol. The van der Waals surface area contributed by atoms with Crippen LogP contribution in [0.3, 0.4) is 0 Å². The third-order valence-electron chi connectivity index (χ3n) is 3.02. The van der Waals surface area contributed by atoms with E-state index in [0.717, 1.165) is 0 Å². The number of H-pyrrole nitrogens is 1. The van der Waals surface area contributed by atoms with Crippen molar-refractivity contribution < 1.29 is 9.53 Å². The van der Waals surface area contributed by atoms with Gasteiger partial charge in [-0.3, -0.25) is 9.59 Å². The molecule has 0 aliphatic rings. The Balaban J connectivity index is 1.81. The molecule has 2 aromatic carbocycles. The van der Waals surface area contributed by atoms with Crippen molar-refractivity contribution in [2.45, 2.75) is 0 Å². The minimum absolute atomic E-state index is 0.110. The molecule has 6 heteroatoms. The van der Waals surface area contributed by atoms with Gasteiger partial charge in [0.1, 0.15) is 11.4 Å². The maximum absolute atomic E-state index is 12.2. The number of hydrogen-bond acceptors (Lipinski definition) is 4. The van der Waals surface area contributed by atoms with Crippen LogP contribution in [0.25, 0.3) is 0 Å². The molecule has 0 fully saturated rings. The van der Waals surface area contributed by atoms with Crippen molar-refractivity contribution in [2.75, 3.05) is 5.32 Å².